The van der Waals surface area contributed by atoms with Gasteiger partial charge in [0, 0.05) is 19.2 Å². The molecule has 3 rings (SSSR count). The van der Waals surface area contributed by atoms with Gasteiger partial charge in [0.15, 0.2) is 0 Å². The summed E-state index contributed by atoms with van der Waals surface area (Å²) < 4.78 is 0.940. The first-order valence-corrected chi connectivity index (χ1v) is 6.88. The number of hydrogen-bond donors (Lipinski definition) is 1. The monoisotopic (exact) mass is 320 g/mol. The van der Waals surface area contributed by atoms with Gasteiger partial charge in [-0.3, -0.25) is 4.79 Å². The molecule has 98 valence electrons. The first kappa shape index (κ1) is 12.3. The van der Waals surface area contributed by atoms with Gasteiger partial charge in [-0.1, -0.05) is 0 Å². The Morgan fingerprint density at radius 1 is 1.47 bits per heavy atom. The Kier molecular flexibility index (Phi) is 3.10. The van der Waals surface area contributed by atoms with Crippen LogP contribution in [0.15, 0.2) is 27.6 Å². The predicted octanol–water partition coefficient (Wildman–Crippen LogP) is 1.80. The third-order valence-electron chi connectivity index (χ3n) is 3.23. The molecular formula is C13H13BrN4O. The van der Waals surface area contributed by atoms with E-state index in [0.29, 0.717) is 12.4 Å². The van der Waals surface area contributed by atoms with Crippen molar-refractivity contribution < 1.29 is 0 Å². The zero-order chi connectivity index (χ0) is 13.4. The molecule has 6 heteroatoms. The average molecular weight is 321 g/mol. The second-order valence-electron chi connectivity index (χ2n) is 4.56. The molecule has 1 aliphatic rings. The third kappa shape index (κ3) is 2.28. The van der Waals surface area contributed by atoms with E-state index in [0.717, 1.165) is 34.5 Å². The van der Waals surface area contributed by atoms with E-state index >= 15 is 0 Å². The normalized spacial score (nSPS) is 14.3. The number of anilines is 1. The zero-order valence-corrected chi connectivity index (χ0v) is 12.1. The average Bonchev–Trinajstić information content (AvgIpc) is 2.39. The lowest BCUT2D eigenvalue weighted by Gasteiger charge is -2.29. The van der Waals surface area contributed by atoms with E-state index in [1.54, 1.807) is 6.20 Å². The first-order chi connectivity index (χ1) is 9.15. The highest BCUT2D eigenvalue weighted by Crippen LogP contribution is 2.26. The fraction of sp³-hybridized carbons (Fsp3) is 0.308. The molecule has 5 nitrogen and oxygen atoms in total. The Morgan fingerprint density at radius 2 is 2.32 bits per heavy atom. The van der Waals surface area contributed by atoms with Crippen LogP contribution in [0.25, 0.3) is 0 Å². The lowest BCUT2D eigenvalue weighted by Crippen LogP contribution is -2.36. The Morgan fingerprint density at radius 3 is 3.11 bits per heavy atom. The summed E-state index contributed by atoms with van der Waals surface area (Å²) in [5, 5.41) is 0. The van der Waals surface area contributed by atoms with Crippen LogP contribution in [-0.4, -0.2) is 21.5 Å². The molecule has 0 saturated carbocycles. The van der Waals surface area contributed by atoms with Crippen LogP contribution in [0.2, 0.25) is 0 Å². The highest BCUT2D eigenvalue weighted by atomic mass is 79.9. The summed E-state index contributed by atoms with van der Waals surface area (Å²) in [7, 11) is 0. The standard InChI is InChI=1S/C13H13BrN4O/c1-8-16-11-4-6-18(7-9(11)13(19)17-8)12-10(14)3-2-5-15-12/h2-3,5H,4,6-7H2,1H3,(H,16,17,19). The number of aryl methyl sites for hydroxylation is 1. The third-order valence-corrected chi connectivity index (χ3v) is 3.84. The fourth-order valence-electron chi connectivity index (χ4n) is 2.34. The largest absolute Gasteiger partial charge is 0.351 e. The van der Waals surface area contributed by atoms with Gasteiger partial charge in [-0.25, -0.2) is 9.97 Å². The lowest BCUT2D eigenvalue weighted by atomic mass is 10.1. The van der Waals surface area contributed by atoms with Crippen molar-refractivity contribution in [2.75, 3.05) is 11.4 Å². The van der Waals surface area contributed by atoms with E-state index in [2.05, 4.69) is 35.8 Å². The summed E-state index contributed by atoms with van der Waals surface area (Å²) in [5.41, 5.74) is 1.61. The Hall–Kier alpha value is -1.69. The van der Waals surface area contributed by atoms with Crippen molar-refractivity contribution >= 4 is 21.7 Å². The Balaban J connectivity index is 1.99. The zero-order valence-electron chi connectivity index (χ0n) is 10.5. The molecule has 0 spiro atoms. The molecule has 19 heavy (non-hydrogen) atoms. The molecule has 0 aliphatic carbocycles. The molecule has 0 saturated heterocycles. The van der Waals surface area contributed by atoms with Gasteiger partial charge in [-0.15, -0.1) is 0 Å². The number of aromatic amines is 1. The number of hydrogen-bond acceptors (Lipinski definition) is 4. The predicted molar refractivity (Wildman–Crippen MR) is 76.3 cm³/mol. The summed E-state index contributed by atoms with van der Waals surface area (Å²) in [6, 6.07) is 3.83. The smallest absolute Gasteiger partial charge is 0.256 e. The molecule has 2 aromatic heterocycles. The van der Waals surface area contributed by atoms with Crippen LogP contribution < -0.4 is 10.5 Å². The second-order valence-corrected chi connectivity index (χ2v) is 5.41. The topological polar surface area (TPSA) is 61.9 Å². The van der Waals surface area contributed by atoms with E-state index in [4.69, 9.17) is 0 Å². The van der Waals surface area contributed by atoms with Crippen LogP contribution in [0.1, 0.15) is 17.1 Å². The van der Waals surface area contributed by atoms with Crippen molar-refractivity contribution in [3.63, 3.8) is 0 Å². The van der Waals surface area contributed by atoms with Gasteiger partial charge in [0.2, 0.25) is 0 Å². The molecule has 0 atom stereocenters. The van der Waals surface area contributed by atoms with Crippen LogP contribution >= 0.6 is 15.9 Å². The van der Waals surface area contributed by atoms with Crippen LogP contribution in [-0.2, 0) is 13.0 Å². The number of aromatic nitrogens is 3. The van der Waals surface area contributed by atoms with Crippen molar-refractivity contribution in [1.29, 1.82) is 0 Å². The van der Waals surface area contributed by atoms with Crippen molar-refractivity contribution in [2.24, 2.45) is 0 Å². The molecule has 0 bridgehead atoms. The molecule has 2 aromatic rings. The highest BCUT2D eigenvalue weighted by molar-refractivity contribution is 9.10. The van der Waals surface area contributed by atoms with Crippen LogP contribution in [0, 0.1) is 6.92 Å². The number of H-pyrrole nitrogens is 1. The number of rotatable bonds is 1. The maximum absolute atomic E-state index is 12.0. The minimum atomic E-state index is -0.0424. The fourth-order valence-corrected chi connectivity index (χ4v) is 2.85. The molecule has 3 heterocycles. The molecule has 0 amide bonds. The summed E-state index contributed by atoms with van der Waals surface area (Å²) in [4.78, 5) is 25.6. The van der Waals surface area contributed by atoms with Gasteiger partial charge in [0.1, 0.15) is 11.6 Å². The molecule has 0 fully saturated rings. The van der Waals surface area contributed by atoms with Crippen molar-refractivity contribution in [3.05, 3.63) is 50.2 Å². The number of nitrogens with one attached hydrogen (secondary N) is 1. The summed E-state index contributed by atoms with van der Waals surface area (Å²) in [6.45, 7) is 3.18. The van der Waals surface area contributed by atoms with E-state index in [9.17, 15) is 4.79 Å². The van der Waals surface area contributed by atoms with Crippen molar-refractivity contribution in [1.82, 2.24) is 15.0 Å². The number of pyridine rings is 1. The van der Waals surface area contributed by atoms with Crippen LogP contribution in [0.3, 0.4) is 0 Å². The van der Waals surface area contributed by atoms with Gasteiger partial charge in [-0.05, 0) is 35.0 Å². The minimum Gasteiger partial charge on any atom is -0.351 e. The van der Waals surface area contributed by atoms with E-state index < -0.39 is 0 Å². The van der Waals surface area contributed by atoms with Crippen molar-refractivity contribution in [3.8, 4) is 0 Å². The maximum atomic E-state index is 12.0. The number of halogens is 1. The molecule has 0 radical (unpaired) electrons. The number of nitrogens with zero attached hydrogens (tertiary/aromatic N) is 3. The van der Waals surface area contributed by atoms with Gasteiger partial charge < -0.3 is 9.88 Å². The summed E-state index contributed by atoms with van der Waals surface area (Å²) >= 11 is 3.50. The van der Waals surface area contributed by atoms with Gasteiger partial charge in [0.25, 0.3) is 5.56 Å². The lowest BCUT2D eigenvalue weighted by molar-refractivity contribution is 0.682. The van der Waals surface area contributed by atoms with Gasteiger partial charge in [-0.2, -0.15) is 0 Å². The number of fused-ring (bicyclic) bond motifs is 1. The van der Waals surface area contributed by atoms with E-state index in [-0.39, 0.29) is 5.56 Å². The van der Waals surface area contributed by atoms with Crippen LogP contribution in [0.5, 0.6) is 0 Å². The summed E-state index contributed by atoms with van der Waals surface area (Å²) in [5.74, 6) is 1.55. The van der Waals surface area contributed by atoms with E-state index in [1.807, 2.05) is 19.1 Å². The Labute approximate surface area is 118 Å². The van der Waals surface area contributed by atoms with Crippen molar-refractivity contribution in [2.45, 2.75) is 19.9 Å². The quantitative estimate of drug-likeness (QED) is 0.870. The van der Waals surface area contributed by atoms with Gasteiger partial charge >= 0.3 is 0 Å². The SMILES string of the molecule is Cc1nc2c(c(=O)[nH]1)CN(c1ncccc1Br)CC2. The van der Waals surface area contributed by atoms with Gasteiger partial charge in [0.05, 0.1) is 22.3 Å². The minimum absolute atomic E-state index is 0.0424. The second kappa shape index (κ2) is 4.77. The molecule has 1 aliphatic heterocycles. The molecule has 1 N–H and O–H groups in total. The maximum Gasteiger partial charge on any atom is 0.256 e. The van der Waals surface area contributed by atoms with Crippen LogP contribution in [0.4, 0.5) is 5.82 Å². The molecular weight excluding hydrogens is 308 g/mol. The molecule has 0 aromatic carbocycles. The van der Waals surface area contributed by atoms with E-state index in [1.165, 1.54) is 0 Å². The highest BCUT2D eigenvalue weighted by Gasteiger charge is 2.22. The molecule has 0 unspecified atom stereocenters. The Bertz CT molecular complexity index is 683. The first-order valence-electron chi connectivity index (χ1n) is 6.09. The summed E-state index contributed by atoms with van der Waals surface area (Å²) in [6.07, 6.45) is 2.52.